The zero-order chi connectivity index (χ0) is 25.8. The number of hydrogen-bond acceptors (Lipinski definition) is 8. The van der Waals surface area contributed by atoms with Crippen LogP contribution in [0.15, 0.2) is 28.7 Å². The molecule has 0 saturated carbocycles. The third kappa shape index (κ3) is 3.81. The number of rotatable bonds is 6. The first-order valence-corrected chi connectivity index (χ1v) is 11.6. The van der Waals surface area contributed by atoms with Gasteiger partial charge in [-0.15, -0.1) is 0 Å². The van der Waals surface area contributed by atoms with Gasteiger partial charge >= 0.3 is 0 Å². The number of nitrogens with one attached hydrogen (secondary N) is 1. The van der Waals surface area contributed by atoms with E-state index >= 15 is 0 Å². The van der Waals surface area contributed by atoms with Crippen LogP contribution in [-0.4, -0.2) is 50.0 Å². The Morgan fingerprint density at radius 1 is 1.26 bits per heavy atom. The Labute approximate surface area is 201 Å². The highest BCUT2D eigenvalue weighted by Crippen LogP contribution is 2.51. The number of fused-ring (bicyclic) bond motifs is 3. The van der Waals surface area contributed by atoms with E-state index in [2.05, 4.69) is 5.32 Å². The van der Waals surface area contributed by atoms with Gasteiger partial charge in [-0.1, -0.05) is 13.8 Å². The molecule has 0 aliphatic heterocycles. The average molecular weight is 489 g/mol. The molecular weight excluding hydrogens is 459 g/mol. The fourth-order valence-electron chi connectivity index (χ4n) is 5.45. The van der Waals surface area contributed by atoms with Crippen molar-refractivity contribution in [1.82, 2.24) is 5.32 Å². The third-order valence-corrected chi connectivity index (χ3v) is 7.30. The summed E-state index contributed by atoms with van der Waals surface area (Å²) in [5, 5.41) is 46.3. The number of halogens is 1. The molecule has 3 aliphatic carbocycles. The van der Waals surface area contributed by atoms with Gasteiger partial charge in [-0.05, 0) is 49.3 Å². The lowest BCUT2D eigenvalue weighted by Crippen LogP contribution is -2.57. The molecule has 3 atom stereocenters. The zero-order valence-electron chi connectivity index (χ0n) is 19.5. The van der Waals surface area contributed by atoms with Crippen molar-refractivity contribution in [1.29, 1.82) is 0 Å². The van der Waals surface area contributed by atoms with Gasteiger partial charge in [0, 0.05) is 30.0 Å². The lowest BCUT2D eigenvalue weighted by atomic mass is 9.60. The first-order chi connectivity index (χ1) is 16.4. The SMILES string of the molecule is CC(C)CCNCc1c(F)cc2c(c1O)C(=O)C1=C(O)[C@]3(O)C(=O)C(C(N)=O)=C(O)C[C@@H]3CC1C2. The van der Waals surface area contributed by atoms with Crippen LogP contribution in [0, 0.1) is 23.6 Å². The summed E-state index contributed by atoms with van der Waals surface area (Å²) in [7, 11) is 0. The molecule has 35 heavy (non-hydrogen) atoms. The molecule has 188 valence electrons. The molecule has 0 fully saturated rings. The lowest BCUT2D eigenvalue weighted by molar-refractivity contribution is -0.144. The highest BCUT2D eigenvalue weighted by atomic mass is 19.1. The Morgan fingerprint density at radius 3 is 2.57 bits per heavy atom. The number of aromatic hydroxyl groups is 1. The van der Waals surface area contributed by atoms with Crippen LogP contribution in [0.2, 0.25) is 0 Å². The van der Waals surface area contributed by atoms with Crippen LogP contribution in [0.3, 0.4) is 0 Å². The third-order valence-electron chi connectivity index (χ3n) is 7.30. The molecule has 0 bridgehead atoms. The topological polar surface area (TPSA) is 170 Å². The number of benzene rings is 1. The second-order valence-corrected chi connectivity index (χ2v) is 9.99. The average Bonchev–Trinajstić information content (AvgIpc) is 2.74. The number of amides is 1. The predicted molar refractivity (Wildman–Crippen MR) is 122 cm³/mol. The van der Waals surface area contributed by atoms with Gasteiger partial charge < -0.3 is 31.5 Å². The van der Waals surface area contributed by atoms with Crippen LogP contribution in [0.1, 0.15) is 54.6 Å². The summed E-state index contributed by atoms with van der Waals surface area (Å²) in [5.41, 5.74) is 1.45. The molecule has 7 N–H and O–H groups in total. The lowest BCUT2D eigenvalue weighted by Gasteiger charge is -2.45. The Bertz CT molecular complexity index is 1200. The summed E-state index contributed by atoms with van der Waals surface area (Å²) < 4.78 is 14.9. The van der Waals surface area contributed by atoms with E-state index in [1.165, 1.54) is 6.07 Å². The fourth-order valence-corrected chi connectivity index (χ4v) is 5.45. The highest BCUT2D eigenvalue weighted by molar-refractivity contribution is 6.24. The molecule has 1 aromatic rings. The Morgan fingerprint density at radius 2 is 1.94 bits per heavy atom. The molecule has 4 rings (SSSR count). The van der Waals surface area contributed by atoms with Gasteiger partial charge in [0.2, 0.25) is 5.78 Å². The van der Waals surface area contributed by atoms with Crippen molar-refractivity contribution in [2.24, 2.45) is 23.5 Å². The number of aliphatic hydroxyl groups is 3. The van der Waals surface area contributed by atoms with Gasteiger partial charge in [0.1, 0.15) is 28.7 Å². The van der Waals surface area contributed by atoms with Gasteiger partial charge in [-0.2, -0.15) is 0 Å². The van der Waals surface area contributed by atoms with E-state index in [9.17, 15) is 39.2 Å². The van der Waals surface area contributed by atoms with Crippen LogP contribution in [0.5, 0.6) is 5.75 Å². The minimum Gasteiger partial charge on any atom is -0.511 e. The van der Waals surface area contributed by atoms with Crippen LogP contribution >= 0.6 is 0 Å². The summed E-state index contributed by atoms with van der Waals surface area (Å²) in [6.45, 7) is 4.64. The predicted octanol–water partition coefficient (Wildman–Crippen LogP) is 1.86. The summed E-state index contributed by atoms with van der Waals surface area (Å²) in [4.78, 5) is 38.1. The number of hydrogen-bond donors (Lipinski definition) is 6. The summed E-state index contributed by atoms with van der Waals surface area (Å²) in [6, 6.07) is 1.19. The maximum absolute atomic E-state index is 14.9. The number of carbonyl (C=O) groups is 3. The van der Waals surface area contributed by atoms with Crippen molar-refractivity contribution < 1.29 is 39.2 Å². The van der Waals surface area contributed by atoms with Crippen LogP contribution in [0.25, 0.3) is 0 Å². The maximum atomic E-state index is 14.9. The fraction of sp³-hybridized carbons (Fsp3) is 0.480. The molecule has 3 aliphatic rings. The number of carbonyl (C=O) groups excluding carboxylic acids is 3. The molecule has 0 spiro atoms. The molecule has 9 nitrogen and oxygen atoms in total. The molecule has 0 heterocycles. The van der Waals surface area contributed by atoms with E-state index in [1.54, 1.807) is 0 Å². The summed E-state index contributed by atoms with van der Waals surface area (Å²) in [5.74, 6) is -7.40. The Kier molecular flexibility index (Phi) is 6.23. The van der Waals surface area contributed by atoms with Crippen LogP contribution in [0.4, 0.5) is 4.39 Å². The van der Waals surface area contributed by atoms with Gasteiger partial charge in [0.05, 0.1) is 5.56 Å². The largest absolute Gasteiger partial charge is 0.511 e. The van der Waals surface area contributed by atoms with Gasteiger partial charge in [0.15, 0.2) is 11.4 Å². The molecule has 0 radical (unpaired) electrons. The van der Waals surface area contributed by atoms with Gasteiger partial charge in [-0.3, -0.25) is 14.4 Å². The number of allylic oxidation sites excluding steroid dienone is 2. The number of Topliss-reactive ketones (excluding diaryl/α,β-unsaturated/α-hetero) is 2. The molecule has 10 heteroatoms. The van der Waals surface area contributed by atoms with Crippen molar-refractivity contribution >= 4 is 17.5 Å². The summed E-state index contributed by atoms with van der Waals surface area (Å²) in [6.07, 6.45) is 0.597. The van der Waals surface area contributed by atoms with E-state index in [-0.39, 0.29) is 48.1 Å². The Hall–Kier alpha value is -3.24. The smallest absolute Gasteiger partial charge is 0.255 e. The molecule has 1 unspecified atom stereocenters. The number of nitrogens with two attached hydrogens (primary N) is 1. The minimum absolute atomic E-state index is 0.00378. The number of aliphatic hydroxyl groups excluding tert-OH is 2. The van der Waals surface area contributed by atoms with Gasteiger partial charge in [0.25, 0.3) is 5.91 Å². The van der Waals surface area contributed by atoms with E-state index in [0.29, 0.717) is 12.5 Å². The van der Waals surface area contributed by atoms with Crippen LogP contribution in [-0.2, 0) is 22.6 Å². The maximum Gasteiger partial charge on any atom is 0.255 e. The zero-order valence-corrected chi connectivity index (χ0v) is 19.5. The number of phenols is 1. The second-order valence-electron chi connectivity index (χ2n) is 9.99. The van der Waals surface area contributed by atoms with E-state index in [1.807, 2.05) is 13.8 Å². The minimum atomic E-state index is -2.62. The summed E-state index contributed by atoms with van der Waals surface area (Å²) >= 11 is 0. The Balaban J connectivity index is 1.76. The quantitative estimate of drug-likeness (QED) is 0.260. The standard InChI is InChI=1S/C25H29FN2O7/c1-10(2)3-4-28-9-14-15(26)7-12-5-11-6-13-8-16(29)19(24(27)34)23(33)25(13,35)22(32)18(11)21(31)17(12)20(14)30/h7,10-11,13,28-30,32,35H,3-6,8-9H2,1-2H3,(H2,27,34)/t11?,13-,25-/m0/s1. The molecule has 1 aromatic carbocycles. The number of ketones is 2. The van der Waals surface area contributed by atoms with Gasteiger partial charge in [-0.25, -0.2) is 4.39 Å². The van der Waals surface area contributed by atoms with Crippen molar-refractivity contribution in [3.63, 3.8) is 0 Å². The first kappa shape index (κ1) is 24.9. The molecule has 1 amide bonds. The van der Waals surface area contributed by atoms with E-state index < -0.39 is 63.6 Å². The normalized spacial score (nSPS) is 26.1. The highest BCUT2D eigenvalue weighted by Gasteiger charge is 2.59. The van der Waals surface area contributed by atoms with Crippen molar-refractivity contribution in [2.45, 2.75) is 51.7 Å². The molecule has 0 saturated heterocycles. The van der Waals surface area contributed by atoms with Crippen LogP contribution < -0.4 is 11.1 Å². The van der Waals surface area contributed by atoms with E-state index in [4.69, 9.17) is 5.73 Å². The second kappa shape index (κ2) is 8.76. The monoisotopic (exact) mass is 488 g/mol. The first-order valence-electron chi connectivity index (χ1n) is 11.6. The van der Waals surface area contributed by atoms with Crippen molar-refractivity contribution in [3.05, 3.63) is 51.2 Å². The number of phenolic OH excluding ortho intramolecular Hbond substituents is 1. The van der Waals surface area contributed by atoms with Crippen molar-refractivity contribution in [3.8, 4) is 5.75 Å². The molecular formula is C25H29FN2O7. The number of primary amides is 1. The van der Waals surface area contributed by atoms with Crippen molar-refractivity contribution in [2.75, 3.05) is 6.54 Å². The van der Waals surface area contributed by atoms with E-state index in [0.717, 1.165) is 6.42 Å². The molecule has 0 aromatic heterocycles.